The van der Waals surface area contributed by atoms with Crippen molar-refractivity contribution in [2.45, 2.75) is 241 Å². The van der Waals surface area contributed by atoms with E-state index in [1.807, 2.05) is 40.1 Å². The standard InChI is InChI=1S/C79H104N2O4S4/c1-9-17-23-27-33-60-49-68(50-62(54-80)78(82)83)86-74(60)75-61(34-28-24-18-10-2)51-72(88-75)73-53-70-77(89-73)76-69(79(70,47-29-25-19-11-3)48-30-26-20-12-4)52-71(87-76)59-35-37-63(38-36-59)81(64-39-43-66(44-40-64)84-55-57(15-7)31-21-13-5)65-41-45-67(46-42-65)85-56-58(16-8)32-22-14-6/h35-46,49-53,57-58H,9-34,47-48,55-56H2,1-8H3,(H,82,83)/b62-50+. The predicted octanol–water partition coefficient (Wildman–Crippen LogP) is 26.0. The largest absolute Gasteiger partial charge is 0.493 e. The fourth-order valence-corrected chi connectivity index (χ4v) is 18.4. The summed E-state index contributed by atoms with van der Waals surface area (Å²) in [5, 5.41) is 19.7. The minimum absolute atomic E-state index is 0.0512. The molecule has 0 amide bonds. The Morgan fingerprint density at radius 3 is 1.38 bits per heavy atom. The molecule has 6 nitrogen and oxygen atoms in total. The Bertz CT molecular complexity index is 3240. The average molecular weight is 1270 g/mol. The molecule has 8 rings (SSSR count). The number of carboxylic acid groups (broad SMARTS) is 1. The second kappa shape index (κ2) is 36.0. The molecule has 7 aromatic rings. The molecule has 2 unspecified atom stereocenters. The molecule has 0 saturated heterocycles. The Kier molecular flexibility index (Phi) is 28.1. The number of aryl methyl sites for hydroxylation is 2. The normalized spacial score (nSPS) is 13.3. The SMILES string of the molecule is CCCCCCc1cc(/C=C(\C#N)C(=O)O)sc1-c1sc(-c2cc3c(s2)-c2sc(-c4ccc(N(c5ccc(OCC(CC)CCCC)cc5)c5ccc(OCC(CC)CCCC)cc5)cc4)cc2C3(CCCCCC)CCCCCC)cc1CCCCCC. The first-order valence-electron chi connectivity index (χ1n) is 34.8. The fourth-order valence-electron chi connectivity index (χ4n) is 13.0. The van der Waals surface area contributed by atoms with Crippen LogP contribution in [0.25, 0.3) is 45.8 Å². The highest BCUT2D eigenvalue weighted by atomic mass is 32.1. The summed E-state index contributed by atoms with van der Waals surface area (Å²) >= 11 is 7.63. The number of hydrogen-bond donors (Lipinski definition) is 1. The minimum Gasteiger partial charge on any atom is -0.493 e. The number of aliphatic carboxylic acids is 1. The number of nitrogens with zero attached hydrogens (tertiary/aromatic N) is 2. The summed E-state index contributed by atoms with van der Waals surface area (Å²) in [5.74, 6) is 1.78. The van der Waals surface area contributed by atoms with Crippen LogP contribution in [0.15, 0.2) is 103 Å². The number of nitriles is 1. The Morgan fingerprint density at radius 1 is 0.506 bits per heavy atom. The number of rotatable bonds is 42. The van der Waals surface area contributed by atoms with Crippen molar-refractivity contribution in [1.29, 1.82) is 5.26 Å². The van der Waals surface area contributed by atoms with Gasteiger partial charge in [-0.05, 0) is 182 Å². The third-order valence-corrected chi connectivity index (χ3v) is 23.7. The van der Waals surface area contributed by atoms with Crippen LogP contribution in [0.3, 0.4) is 0 Å². The maximum atomic E-state index is 12.1. The summed E-state index contributed by atoms with van der Waals surface area (Å²) in [7, 11) is 0. The Morgan fingerprint density at radius 2 is 0.921 bits per heavy atom. The van der Waals surface area contributed by atoms with Gasteiger partial charge in [-0.3, -0.25) is 0 Å². The van der Waals surface area contributed by atoms with Crippen molar-refractivity contribution in [2.24, 2.45) is 11.8 Å². The van der Waals surface area contributed by atoms with Gasteiger partial charge < -0.3 is 19.5 Å². The van der Waals surface area contributed by atoms with Gasteiger partial charge in [-0.15, -0.1) is 45.3 Å². The van der Waals surface area contributed by atoms with Crippen LogP contribution >= 0.6 is 45.3 Å². The Labute approximate surface area is 552 Å². The van der Waals surface area contributed by atoms with Crippen LogP contribution in [0, 0.1) is 23.2 Å². The molecule has 0 aliphatic heterocycles. The molecule has 478 valence electrons. The van der Waals surface area contributed by atoms with Crippen molar-refractivity contribution in [1.82, 2.24) is 0 Å². The number of anilines is 3. The van der Waals surface area contributed by atoms with E-state index < -0.39 is 5.97 Å². The second-order valence-corrected chi connectivity index (χ2v) is 29.5. The lowest BCUT2D eigenvalue weighted by Crippen LogP contribution is -2.25. The van der Waals surface area contributed by atoms with Gasteiger partial charge in [0.25, 0.3) is 0 Å². The maximum Gasteiger partial charge on any atom is 0.346 e. The highest BCUT2D eigenvalue weighted by molar-refractivity contribution is 7.29. The topological polar surface area (TPSA) is 82.8 Å². The molecule has 0 radical (unpaired) electrons. The monoisotopic (exact) mass is 1270 g/mol. The fraction of sp³-hybridized carbons (Fsp3) is 0.519. The highest BCUT2D eigenvalue weighted by Gasteiger charge is 2.45. The molecule has 89 heavy (non-hydrogen) atoms. The van der Waals surface area contributed by atoms with Gasteiger partial charge in [-0.25, -0.2) is 4.79 Å². The van der Waals surface area contributed by atoms with Gasteiger partial charge in [0.1, 0.15) is 23.1 Å². The molecule has 3 aromatic carbocycles. The van der Waals surface area contributed by atoms with Gasteiger partial charge in [-0.1, -0.05) is 196 Å². The van der Waals surface area contributed by atoms with Gasteiger partial charge in [0.05, 0.1) is 13.2 Å². The van der Waals surface area contributed by atoms with E-state index in [1.165, 1.54) is 179 Å². The van der Waals surface area contributed by atoms with Crippen molar-refractivity contribution in [3.63, 3.8) is 0 Å². The first-order valence-corrected chi connectivity index (χ1v) is 38.1. The molecule has 2 atom stereocenters. The van der Waals surface area contributed by atoms with E-state index in [1.54, 1.807) is 28.5 Å². The van der Waals surface area contributed by atoms with Crippen molar-refractivity contribution in [3.05, 3.63) is 130 Å². The van der Waals surface area contributed by atoms with Crippen LogP contribution in [-0.2, 0) is 23.1 Å². The summed E-state index contributed by atoms with van der Waals surface area (Å²) in [6.45, 7) is 19.8. The van der Waals surface area contributed by atoms with Crippen LogP contribution in [0.1, 0.15) is 249 Å². The number of ether oxygens (including phenoxy) is 2. The summed E-state index contributed by atoms with van der Waals surface area (Å²) < 4.78 is 12.9. The second-order valence-electron chi connectivity index (χ2n) is 25.3. The van der Waals surface area contributed by atoms with Crippen LogP contribution in [0.2, 0.25) is 0 Å². The number of thiophene rings is 4. The smallest absolute Gasteiger partial charge is 0.346 e. The zero-order valence-electron chi connectivity index (χ0n) is 55.4. The number of benzene rings is 3. The molecule has 1 N–H and O–H groups in total. The Balaban J connectivity index is 1.18. The molecule has 0 spiro atoms. The lowest BCUT2D eigenvalue weighted by atomic mass is 9.71. The molecule has 0 saturated carbocycles. The van der Waals surface area contributed by atoms with E-state index in [9.17, 15) is 15.2 Å². The Hall–Kier alpha value is -5.44. The van der Waals surface area contributed by atoms with Crippen LogP contribution in [0.4, 0.5) is 17.1 Å². The van der Waals surface area contributed by atoms with E-state index in [0.717, 1.165) is 98.0 Å². The van der Waals surface area contributed by atoms with Crippen molar-refractivity contribution < 1.29 is 19.4 Å². The quantitative estimate of drug-likeness (QED) is 0.0233. The van der Waals surface area contributed by atoms with Crippen molar-refractivity contribution in [3.8, 4) is 57.3 Å². The van der Waals surface area contributed by atoms with E-state index >= 15 is 0 Å². The lowest BCUT2D eigenvalue weighted by molar-refractivity contribution is -0.132. The van der Waals surface area contributed by atoms with E-state index in [0.29, 0.717) is 11.8 Å². The first-order chi connectivity index (χ1) is 43.5. The minimum atomic E-state index is -1.18. The molecule has 10 heteroatoms. The summed E-state index contributed by atoms with van der Waals surface area (Å²) in [4.78, 5) is 24.9. The first kappa shape index (κ1) is 69.4. The summed E-state index contributed by atoms with van der Waals surface area (Å²) in [6, 6.07) is 38.6. The van der Waals surface area contributed by atoms with Gasteiger partial charge in [-0.2, -0.15) is 5.26 Å². The van der Waals surface area contributed by atoms with Gasteiger partial charge >= 0.3 is 5.97 Å². The zero-order chi connectivity index (χ0) is 63.0. The van der Waals surface area contributed by atoms with Gasteiger partial charge in [0.15, 0.2) is 0 Å². The number of carboxylic acids is 1. The third-order valence-electron chi connectivity index (χ3n) is 18.6. The molecular weight excluding hydrogens is 1170 g/mol. The molecule has 0 fully saturated rings. The molecule has 0 bridgehead atoms. The summed E-state index contributed by atoms with van der Waals surface area (Å²) in [5.41, 5.74) is 10.0. The molecule has 1 aliphatic rings. The predicted molar refractivity (Wildman–Crippen MR) is 387 cm³/mol. The molecular formula is C79H104N2O4S4. The van der Waals surface area contributed by atoms with Crippen LogP contribution in [-0.4, -0.2) is 24.3 Å². The zero-order valence-corrected chi connectivity index (χ0v) is 58.6. The number of hydrogen-bond acceptors (Lipinski definition) is 9. The number of carbonyl (C=O) groups is 1. The van der Waals surface area contributed by atoms with Gasteiger partial charge in [0, 0.05) is 61.5 Å². The third kappa shape index (κ3) is 18.4. The molecule has 4 heterocycles. The number of fused-ring (bicyclic) bond motifs is 3. The van der Waals surface area contributed by atoms with E-state index in [4.69, 9.17) is 9.47 Å². The highest BCUT2D eigenvalue weighted by Crippen LogP contribution is 2.62. The number of unbranched alkanes of at least 4 members (excludes halogenated alkanes) is 14. The maximum absolute atomic E-state index is 12.1. The lowest BCUT2D eigenvalue weighted by Gasteiger charge is -2.31. The van der Waals surface area contributed by atoms with E-state index in [-0.39, 0.29) is 11.0 Å². The average Bonchev–Trinajstić information content (AvgIpc) is 1.56. The van der Waals surface area contributed by atoms with Crippen LogP contribution in [0.5, 0.6) is 11.5 Å². The van der Waals surface area contributed by atoms with Crippen molar-refractivity contribution >= 4 is 74.5 Å². The van der Waals surface area contributed by atoms with Gasteiger partial charge in [0.2, 0.25) is 0 Å². The molecule has 1 aliphatic carbocycles. The van der Waals surface area contributed by atoms with E-state index in [2.05, 4.69) is 157 Å². The summed E-state index contributed by atoms with van der Waals surface area (Å²) in [6.07, 6.45) is 34.7. The van der Waals surface area contributed by atoms with Crippen molar-refractivity contribution in [2.75, 3.05) is 18.1 Å². The molecule has 4 aromatic heterocycles. The van der Waals surface area contributed by atoms with Crippen LogP contribution < -0.4 is 14.4 Å².